The number of esters is 1. The molecule has 224 valence electrons. The minimum Gasteiger partial charge on any atom is -0.493 e. The van der Waals surface area contributed by atoms with Gasteiger partial charge in [-0.3, -0.25) is 14.3 Å². The zero-order chi connectivity index (χ0) is 28.9. The van der Waals surface area contributed by atoms with Crippen LogP contribution in [0.1, 0.15) is 16.2 Å². The van der Waals surface area contributed by atoms with Crippen LogP contribution in [0.3, 0.4) is 0 Å². The molecular formula is C31H29Cl2N3O7. The average molecular weight is 626 g/mol. The van der Waals surface area contributed by atoms with Gasteiger partial charge in [-0.1, -0.05) is 6.07 Å². The van der Waals surface area contributed by atoms with Crippen molar-refractivity contribution in [3.05, 3.63) is 107 Å². The standard InChI is InChI=1S/C31H27N3O7.2ClH/c1-37-26-14-12-23(17-27(26)38-2)41-29-24-13-11-22(40-18-20-6-4-5-15-33-20)16-25(24)30(35)34(28(29)31(36)39-3)21-9-7-19(32)8-10-21;;/h4-17H,18,32H2,1-3H3;2*1H. The highest BCUT2D eigenvalue weighted by Crippen LogP contribution is 2.38. The van der Waals surface area contributed by atoms with Gasteiger partial charge in [-0.25, -0.2) is 4.79 Å². The second kappa shape index (κ2) is 14.3. The lowest BCUT2D eigenvalue weighted by Gasteiger charge is -2.19. The Labute approximate surface area is 259 Å². The maximum Gasteiger partial charge on any atom is 0.359 e. The summed E-state index contributed by atoms with van der Waals surface area (Å²) in [6.45, 7) is 0.202. The summed E-state index contributed by atoms with van der Waals surface area (Å²) in [7, 11) is 4.26. The van der Waals surface area contributed by atoms with E-state index in [1.54, 1.807) is 66.9 Å². The Morgan fingerprint density at radius 1 is 0.837 bits per heavy atom. The predicted molar refractivity (Wildman–Crippen MR) is 168 cm³/mol. The molecule has 0 amide bonds. The molecule has 0 radical (unpaired) electrons. The van der Waals surface area contributed by atoms with Gasteiger partial charge in [-0.15, -0.1) is 24.8 Å². The van der Waals surface area contributed by atoms with E-state index in [0.29, 0.717) is 39.8 Å². The maximum atomic E-state index is 14.0. The fourth-order valence-electron chi connectivity index (χ4n) is 4.33. The quantitative estimate of drug-likeness (QED) is 0.155. The molecule has 0 aliphatic rings. The normalized spacial score (nSPS) is 10.2. The molecule has 5 rings (SSSR count). The Hall–Kier alpha value is -4.93. The number of anilines is 1. The summed E-state index contributed by atoms with van der Waals surface area (Å²) < 4.78 is 29.4. The number of aromatic nitrogens is 2. The van der Waals surface area contributed by atoms with E-state index in [9.17, 15) is 9.59 Å². The summed E-state index contributed by atoms with van der Waals surface area (Å²) in [5.41, 5.74) is 6.92. The van der Waals surface area contributed by atoms with Crippen LogP contribution in [0.5, 0.6) is 28.7 Å². The van der Waals surface area contributed by atoms with Crippen molar-refractivity contribution in [2.24, 2.45) is 0 Å². The number of hydrogen-bond donors (Lipinski definition) is 1. The number of fused-ring (bicyclic) bond motifs is 1. The van der Waals surface area contributed by atoms with E-state index in [4.69, 9.17) is 29.4 Å². The second-order valence-corrected chi connectivity index (χ2v) is 8.84. The monoisotopic (exact) mass is 625 g/mol. The van der Waals surface area contributed by atoms with Gasteiger partial charge in [0, 0.05) is 29.0 Å². The topological polar surface area (TPSA) is 124 Å². The number of halogens is 2. The smallest absolute Gasteiger partial charge is 0.359 e. The molecule has 0 saturated carbocycles. The molecule has 0 aliphatic heterocycles. The highest BCUT2D eigenvalue weighted by atomic mass is 35.5. The van der Waals surface area contributed by atoms with Gasteiger partial charge in [0.25, 0.3) is 5.56 Å². The van der Waals surface area contributed by atoms with Crippen molar-refractivity contribution in [1.29, 1.82) is 0 Å². The van der Waals surface area contributed by atoms with E-state index in [1.807, 2.05) is 18.2 Å². The van der Waals surface area contributed by atoms with Gasteiger partial charge in [-0.2, -0.15) is 0 Å². The van der Waals surface area contributed by atoms with Crippen LogP contribution >= 0.6 is 24.8 Å². The van der Waals surface area contributed by atoms with Gasteiger partial charge in [-0.05, 0) is 66.7 Å². The fraction of sp³-hybridized carbons (Fsp3) is 0.129. The first-order chi connectivity index (χ1) is 19.9. The van der Waals surface area contributed by atoms with E-state index >= 15 is 0 Å². The molecule has 0 unspecified atom stereocenters. The Morgan fingerprint density at radius 3 is 2.21 bits per heavy atom. The largest absolute Gasteiger partial charge is 0.493 e. The summed E-state index contributed by atoms with van der Waals surface area (Å²) >= 11 is 0. The zero-order valence-corrected chi connectivity index (χ0v) is 25.1. The Bertz CT molecular complexity index is 1780. The molecular weight excluding hydrogens is 597 g/mol. The number of nitrogen functional groups attached to an aromatic ring is 1. The molecule has 5 aromatic rings. The first-order valence-electron chi connectivity index (χ1n) is 12.5. The number of nitrogens with zero attached hydrogens (tertiary/aromatic N) is 2. The van der Waals surface area contributed by atoms with Crippen molar-refractivity contribution in [2.75, 3.05) is 27.1 Å². The Morgan fingerprint density at radius 2 is 1.56 bits per heavy atom. The van der Waals surface area contributed by atoms with Crippen LogP contribution in [0.2, 0.25) is 0 Å². The molecule has 0 aliphatic carbocycles. The number of benzene rings is 3. The lowest BCUT2D eigenvalue weighted by atomic mass is 10.1. The molecule has 0 saturated heterocycles. The highest BCUT2D eigenvalue weighted by Gasteiger charge is 2.26. The van der Waals surface area contributed by atoms with Gasteiger partial charge in [0.2, 0.25) is 0 Å². The molecule has 0 fully saturated rings. The summed E-state index contributed by atoms with van der Waals surface area (Å²) in [4.78, 5) is 31.6. The van der Waals surface area contributed by atoms with Crippen LogP contribution in [0, 0.1) is 0 Å². The second-order valence-electron chi connectivity index (χ2n) is 8.84. The number of carbonyl (C=O) groups is 1. The van der Waals surface area contributed by atoms with E-state index < -0.39 is 11.5 Å². The summed E-state index contributed by atoms with van der Waals surface area (Å²) in [6.07, 6.45) is 1.68. The van der Waals surface area contributed by atoms with Crippen LogP contribution < -0.4 is 30.2 Å². The number of nitrogens with two attached hydrogens (primary N) is 1. The molecule has 2 aromatic heterocycles. The molecule has 0 bridgehead atoms. The zero-order valence-electron chi connectivity index (χ0n) is 23.4. The fourth-order valence-corrected chi connectivity index (χ4v) is 4.33. The van der Waals surface area contributed by atoms with E-state index in [2.05, 4.69) is 4.98 Å². The van der Waals surface area contributed by atoms with Gasteiger partial charge in [0.05, 0.1) is 32.4 Å². The van der Waals surface area contributed by atoms with Crippen LogP contribution in [-0.2, 0) is 11.3 Å². The Balaban J connectivity index is 0.00000253. The van der Waals surface area contributed by atoms with Crippen molar-refractivity contribution < 1.29 is 28.5 Å². The number of methoxy groups -OCH3 is 3. The highest BCUT2D eigenvalue weighted by molar-refractivity contribution is 6.00. The summed E-state index contributed by atoms with van der Waals surface area (Å²) in [5.74, 6) is 1.03. The first kappa shape index (κ1) is 32.6. The van der Waals surface area contributed by atoms with Gasteiger partial charge < -0.3 is 29.4 Å². The number of rotatable bonds is 9. The van der Waals surface area contributed by atoms with Crippen LogP contribution in [0.15, 0.2) is 89.9 Å². The number of hydrogen-bond acceptors (Lipinski definition) is 9. The van der Waals surface area contributed by atoms with Crippen molar-refractivity contribution in [3.8, 4) is 34.4 Å². The van der Waals surface area contributed by atoms with E-state index in [0.717, 1.165) is 5.69 Å². The van der Waals surface area contributed by atoms with Crippen molar-refractivity contribution in [2.45, 2.75) is 6.61 Å². The van der Waals surface area contributed by atoms with Gasteiger partial charge in [0.1, 0.15) is 18.1 Å². The molecule has 2 heterocycles. The number of ether oxygens (including phenoxy) is 5. The van der Waals surface area contributed by atoms with Crippen molar-refractivity contribution in [1.82, 2.24) is 9.55 Å². The minimum atomic E-state index is -0.771. The third-order valence-electron chi connectivity index (χ3n) is 6.33. The van der Waals surface area contributed by atoms with Crippen LogP contribution in [0.25, 0.3) is 16.5 Å². The summed E-state index contributed by atoms with van der Waals surface area (Å²) in [5, 5.41) is 0.630. The van der Waals surface area contributed by atoms with Crippen LogP contribution in [0.4, 0.5) is 5.69 Å². The predicted octanol–water partition coefficient (Wildman–Crippen LogP) is 5.99. The number of pyridine rings is 2. The molecule has 0 atom stereocenters. The molecule has 3 aromatic carbocycles. The Kier molecular flexibility index (Phi) is 10.8. The van der Waals surface area contributed by atoms with Crippen molar-refractivity contribution >= 4 is 47.2 Å². The average Bonchev–Trinajstić information content (AvgIpc) is 3.01. The third-order valence-corrected chi connectivity index (χ3v) is 6.33. The van der Waals surface area contributed by atoms with E-state index in [1.165, 1.54) is 25.9 Å². The van der Waals surface area contributed by atoms with E-state index in [-0.39, 0.29) is 48.3 Å². The molecule has 0 spiro atoms. The molecule has 10 nitrogen and oxygen atoms in total. The van der Waals surface area contributed by atoms with Gasteiger partial charge in [0.15, 0.2) is 22.9 Å². The molecule has 2 N–H and O–H groups in total. The minimum absolute atomic E-state index is 0. The third kappa shape index (κ3) is 6.77. The lowest BCUT2D eigenvalue weighted by molar-refractivity contribution is 0.0587. The summed E-state index contributed by atoms with van der Waals surface area (Å²) in [6, 6.07) is 22.0. The van der Waals surface area contributed by atoms with Crippen LogP contribution in [-0.4, -0.2) is 36.8 Å². The molecule has 43 heavy (non-hydrogen) atoms. The first-order valence-corrected chi connectivity index (χ1v) is 12.5. The van der Waals surface area contributed by atoms with Gasteiger partial charge >= 0.3 is 5.97 Å². The molecule has 12 heteroatoms. The maximum absolute atomic E-state index is 14.0. The number of carbonyl (C=O) groups excluding carboxylic acids is 1. The van der Waals surface area contributed by atoms with Crippen molar-refractivity contribution in [3.63, 3.8) is 0 Å². The SMILES string of the molecule is COC(=O)c1c(Oc2ccc(OC)c(OC)c2)c2ccc(OCc3ccccn3)cc2c(=O)n1-c1ccc(N)cc1.Cl.Cl. The lowest BCUT2D eigenvalue weighted by Crippen LogP contribution is -2.26.